The lowest BCUT2D eigenvalue weighted by molar-refractivity contribution is -0.137. The van der Waals surface area contributed by atoms with Crippen LogP contribution in [0, 0.1) is 11.8 Å². The molecule has 32 heavy (non-hydrogen) atoms. The summed E-state index contributed by atoms with van der Waals surface area (Å²) in [4.78, 5) is 40.2. The molecule has 0 radical (unpaired) electrons. The topological polar surface area (TPSA) is 66.5 Å². The van der Waals surface area contributed by atoms with E-state index in [9.17, 15) is 27.6 Å². The largest absolute Gasteiger partial charge is 0.418 e. The second-order valence-electron chi connectivity index (χ2n) is 7.74. The molecule has 2 aromatic carbocycles. The van der Waals surface area contributed by atoms with E-state index in [1.807, 2.05) is 0 Å². The molecule has 1 aliphatic heterocycles. The molecule has 2 aliphatic rings. The van der Waals surface area contributed by atoms with Crippen LogP contribution >= 0.6 is 31.9 Å². The van der Waals surface area contributed by atoms with E-state index in [1.54, 1.807) is 6.07 Å². The number of hydrogen-bond donors (Lipinski definition) is 1. The molecular weight excluding hydrogens is 557 g/mol. The first kappa shape index (κ1) is 23.0. The number of hydrogen-bond acceptors (Lipinski definition) is 3. The smallest absolute Gasteiger partial charge is 0.321 e. The summed E-state index contributed by atoms with van der Waals surface area (Å²) >= 11 is 7.05. The molecule has 0 spiro atoms. The summed E-state index contributed by atoms with van der Waals surface area (Å²) in [7, 11) is 0. The fourth-order valence-corrected chi connectivity index (χ4v) is 5.46. The maximum Gasteiger partial charge on any atom is 0.418 e. The molecule has 0 bridgehead atoms. The molecule has 0 aromatic heterocycles. The Morgan fingerprint density at radius 2 is 1.44 bits per heavy atom. The number of amides is 3. The fourth-order valence-electron chi connectivity index (χ4n) is 4.22. The third-order valence-electron chi connectivity index (χ3n) is 5.78. The molecule has 1 N–H and O–H groups in total. The van der Waals surface area contributed by atoms with Gasteiger partial charge in [-0.15, -0.1) is 0 Å². The average Bonchev–Trinajstić information content (AvgIpc) is 2.97. The number of halogens is 5. The Bertz CT molecular complexity index is 1060. The lowest BCUT2D eigenvalue weighted by atomic mass is 9.81. The molecule has 1 saturated carbocycles. The second-order valence-corrected chi connectivity index (χ2v) is 10.1. The number of rotatable bonds is 3. The van der Waals surface area contributed by atoms with Crippen LogP contribution in [0.15, 0.2) is 48.5 Å². The van der Waals surface area contributed by atoms with Gasteiger partial charge in [-0.1, -0.05) is 56.1 Å². The SMILES string of the molecule is O=C(Nc1ccccc1C(F)(F)F)c1ccccc1N1C(=O)[C@@H]2C[C@@H](Br)[C@@H](Br)C[C@H]2C1=O. The van der Waals surface area contributed by atoms with E-state index in [-0.39, 0.29) is 20.9 Å². The van der Waals surface area contributed by atoms with Crippen molar-refractivity contribution in [2.45, 2.75) is 28.7 Å². The van der Waals surface area contributed by atoms with Crippen LogP contribution in [0.3, 0.4) is 0 Å². The molecule has 1 heterocycles. The van der Waals surface area contributed by atoms with Crippen LogP contribution < -0.4 is 10.2 Å². The van der Waals surface area contributed by atoms with Crippen LogP contribution in [0.2, 0.25) is 0 Å². The minimum absolute atomic E-state index is 0.0258. The van der Waals surface area contributed by atoms with Gasteiger partial charge in [-0.3, -0.25) is 14.4 Å². The number of imide groups is 1. The first-order chi connectivity index (χ1) is 15.1. The number of benzene rings is 2. The van der Waals surface area contributed by atoms with Crippen molar-refractivity contribution in [1.29, 1.82) is 0 Å². The Balaban J connectivity index is 1.67. The van der Waals surface area contributed by atoms with Crippen molar-refractivity contribution in [2.24, 2.45) is 11.8 Å². The zero-order chi connectivity index (χ0) is 23.2. The average molecular weight is 574 g/mol. The molecule has 4 atom stereocenters. The third kappa shape index (κ3) is 4.10. The van der Waals surface area contributed by atoms with Gasteiger partial charge in [0, 0.05) is 9.65 Å². The summed E-state index contributed by atoms with van der Waals surface area (Å²) in [5.74, 6) is -2.67. The molecule has 2 fully saturated rings. The lowest BCUT2D eigenvalue weighted by Gasteiger charge is -2.29. The second kappa shape index (κ2) is 8.62. The molecule has 168 valence electrons. The van der Waals surface area contributed by atoms with Crippen molar-refractivity contribution in [2.75, 3.05) is 10.2 Å². The first-order valence-corrected chi connectivity index (χ1v) is 11.6. The van der Waals surface area contributed by atoms with E-state index < -0.39 is 47.0 Å². The van der Waals surface area contributed by atoms with Crippen LogP contribution in [0.5, 0.6) is 0 Å². The zero-order valence-corrected chi connectivity index (χ0v) is 19.6. The van der Waals surface area contributed by atoms with Gasteiger partial charge in [0.1, 0.15) is 0 Å². The minimum Gasteiger partial charge on any atom is -0.321 e. The molecular formula is C22H17Br2F3N2O3. The van der Waals surface area contributed by atoms with Gasteiger partial charge in [0.2, 0.25) is 11.8 Å². The predicted molar refractivity (Wildman–Crippen MR) is 120 cm³/mol. The van der Waals surface area contributed by atoms with Crippen molar-refractivity contribution < 1.29 is 27.6 Å². The van der Waals surface area contributed by atoms with Crippen molar-refractivity contribution in [3.63, 3.8) is 0 Å². The van der Waals surface area contributed by atoms with E-state index in [0.717, 1.165) is 17.0 Å². The van der Waals surface area contributed by atoms with Crippen LogP contribution in [0.25, 0.3) is 0 Å². The minimum atomic E-state index is -4.65. The quantitative estimate of drug-likeness (QED) is 0.396. The van der Waals surface area contributed by atoms with E-state index in [1.165, 1.54) is 30.3 Å². The van der Waals surface area contributed by atoms with Crippen molar-refractivity contribution >= 4 is 61.0 Å². The van der Waals surface area contributed by atoms with Gasteiger partial charge < -0.3 is 5.32 Å². The van der Waals surface area contributed by atoms with E-state index in [4.69, 9.17) is 0 Å². The van der Waals surface area contributed by atoms with Gasteiger partial charge in [0.25, 0.3) is 5.91 Å². The molecule has 4 rings (SSSR count). The monoisotopic (exact) mass is 572 g/mol. The maximum atomic E-state index is 13.3. The van der Waals surface area contributed by atoms with Gasteiger partial charge in [-0.25, -0.2) is 4.90 Å². The molecule has 10 heteroatoms. The Kier molecular flexibility index (Phi) is 6.19. The summed E-state index contributed by atoms with van der Waals surface area (Å²) < 4.78 is 39.9. The number of para-hydroxylation sites is 2. The molecule has 2 aromatic rings. The van der Waals surface area contributed by atoms with E-state index in [0.29, 0.717) is 12.8 Å². The van der Waals surface area contributed by atoms with Crippen LogP contribution in [0.4, 0.5) is 24.5 Å². The van der Waals surface area contributed by atoms with Crippen molar-refractivity contribution in [1.82, 2.24) is 0 Å². The van der Waals surface area contributed by atoms with Gasteiger partial charge in [0.05, 0.1) is 34.3 Å². The van der Waals surface area contributed by atoms with Crippen LogP contribution in [-0.4, -0.2) is 27.4 Å². The van der Waals surface area contributed by atoms with Crippen molar-refractivity contribution in [3.8, 4) is 0 Å². The summed E-state index contributed by atoms with van der Waals surface area (Å²) in [5.41, 5.74) is -1.39. The summed E-state index contributed by atoms with van der Waals surface area (Å²) in [6.07, 6.45) is -3.72. The Morgan fingerprint density at radius 3 is 2.03 bits per heavy atom. The number of fused-ring (bicyclic) bond motifs is 1. The highest BCUT2D eigenvalue weighted by Gasteiger charge is 2.52. The highest BCUT2D eigenvalue weighted by Crippen LogP contribution is 2.45. The van der Waals surface area contributed by atoms with Crippen LogP contribution in [0.1, 0.15) is 28.8 Å². The standard InChI is InChI=1S/C22H17Br2F3N2O3/c23-15-9-12-13(10-16(15)24)21(32)29(20(12)31)18-8-4-1-5-11(18)19(30)28-17-7-3-2-6-14(17)22(25,26)27/h1-8,12-13,15-16H,9-10H2,(H,28,30)/t12-,13-,15-,16+/m1/s1. The van der Waals surface area contributed by atoms with Gasteiger partial charge >= 0.3 is 6.18 Å². The molecule has 1 saturated heterocycles. The molecule has 5 nitrogen and oxygen atoms in total. The first-order valence-electron chi connectivity index (χ1n) is 9.82. The highest BCUT2D eigenvalue weighted by atomic mass is 79.9. The van der Waals surface area contributed by atoms with Gasteiger partial charge in [-0.05, 0) is 37.1 Å². The molecule has 0 unspecified atom stereocenters. The number of nitrogens with zero attached hydrogens (tertiary/aromatic N) is 1. The van der Waals surface area contributed by atoms with Crippen LogP contribution in [-0.2, 0) is 15.8 Å². The van der Waals surface area contributed by atoms with E-state index in [2.05, 4.69) is 37.2 Å². The van der Waals surface area contributed by atoms with Gasteiger partial charge in [0.15, 0.2) is 0 Å². The maximum absolute atomic E-state index is 13.3. The van der Waals surface area contributed by atoms with Crippen molar-refractivity contribution in [3.05, 3.63) is 59.7 Å². The zero-order valence-electron chi connectivity index (χ0n) is 16.4. The highest BCUT2D eigenvalue weighted by molar-refractivity contribution is 9.12. The fraction of sp³-hybridized carbons (Fsp3) is 0.318. The van der Waals surface area contributed by atoms with Gasteiger partial charge in [-0.2, -0.15) is 13.2 Å². The summed E-state index contributed by atoms with van der Waals surface area (Å²) in [6, 6.07) is 10.5. The summed E-state index contributed by atoms with van der Waals surface area (Å²) in [5, 5.41) is 2.28. The van der Waals surface area contributed by atoms with E-state index >= 15 is 0 Å². The Labute approximate surface area is 198 Å². The number of anilines is 2. The molecule has 3 amide bonds. The predicted octanol–water partition coefficient (Wildman–Crippen LogP) is 5.38. The number of nitrogens with one attached hydrogen (secondary N) is 1. The normalized spacial score (nSPS) is 25.6. The third-order valence-corrected chi connectivity index (χ3v) is 8.52. The molecule has 1 aliphatic carbocycles. The summed E-state index contributed by atoms with van der Waals surface area (Å²) in [6.45, 7) is 0. The Morgan fingerprint density at radius 1 is 0.906 bits per heavy atom. The lowest BCUT2D eigenvalue weighted by Crippen LogP contribution is -2.34. The Hall–Kier alpha value is -2.20. The number of carbonyl (C=O) groups excluding carboxylic acids is 3. The number of alkyl halides is 5. The number of carbonyl (C=O) groups is 3.